The highest BCUT2D eigenvalue weighted by atomic mass is 16.4. The number of amides is 1. The molecule has 1 saturated carbocycles. The van der Waals surface area contributed by atoms with Gasteiger partial charge in [-0.3, -0.25) is 9.59 Å². The number of carbonyl (C=O) groups is 2. The van der Waals surface area contributed by atoms with Crippen molar-refractivity contribution in [3.8, 4) is 0 Å². The van der Waals surface area contributed by atoms with E-state index in [0.29, 0.717) is 13.0 Å². The van der Waals surface area contributed by atoms with E-state index in [1.165, 1.54) is 0 Å². The molecular formula is C14H26N2O3. The first kappa shape index (κ1) is 16.0. The third-order valence-corrected chi connectivity index (χ3v) is 3.88. The van der Waals surface area contributed by atoms with Crippen molar-refractivity contribution in [2.24, 2.45) is 17.6 Å². The lowest BCUT2D eigenvalue weighted by molar-refractivity contribution is -0.137. The topological polar surface area (TPSA) is 92.4 Å². The molecule has 4 N–H and O–H groups in total. The molecule has 1 amide bonds. The Morgan fingerprint density at radius 3 is 2.68 bits per heavy atom. The fraction of sp³-hybridized carbons (Fsp3) is 0.857. The highest BCUT2D eigenvalue weighted by Gasteiger charge is 2.26. The van der Waals surface area contributed by atoms with Crippen LogP contribution in [0.1, 0.15) is 51.9 Å². The van der Waals surface area contributed by atoms with E-state index < -0.39 is 5.97 Å². The van der Waals surface area contributed by atoms with Gasteiger partial charge in [-0.05, 0) is 25.2 Å². The third-order valence-electron chi connectivity index (χ3n) is 3.88. The third kappa shape index (κ3) is 6.05. The first-order chi connectivity index (χ1) is 9.00. The zero-order valence-corrected chi connectivity index (χ0v) is 11.7. The van der Waals surface area contributed by atoms with E-state index in [9.17, 15) is 9.59 Å². The second kappa shape index (κ2) is 8.15. The van der Waals surface area contributed by atoms with E-state index in [-0.39, 0.29) is 30.2 Å². The monoisotopic (exact) mass is 270 g/mol. The minimum Gasteiger partial charge on any atom is -0.481 e. The van der Waals surface area contributed by atoms with Crippen LogP contribution in [0.4, 0.5) is 0 Å². The smallest absolute Gasteiger partial charge is 0.303 e. The van der Waals surface area contributed by atoms with Gasteiger partial charge in [-0.25, -0.2) is 0 Å². The van der Waals surface area contributed by atoms with Gasteiger partial charge in [0.25, 0.3) is 0 Å². The molecule has 1 aliphatic rings. The zero-order valence-electron chi connectivity index (χ0n) is 11.7. The number of rotatable bonds is 6. The summed E-state index contributed by atoms with van der Waals surface area (Å²) in [5.41, 5.74) is 6.05. The van der Waals surface area contributed by atoms with Crippen molar-refractivity contribution >= 4 is 11.9 Å². The Morgan fingerprint density at radius 1 is 1.32 bits per heavy atom. The van der Waals surface area contributed by atoms with Gasteiger partial charge < -0.3 is 16.2 Å². The van der Waals surface area contributed by atoms with Gasteiger partial charge >= 0.3 is 5.97 Å². The van der Waals surface area contributed by atoms with E-state index in [1.54, 1.807) is 0 Å². The number of hydrogen-bond acceptors (Lipinski definition) is 3. The van der Waals surface area contributed by atoms with E-state index in [4.69, 9.17) is 10.8 Å². The largest absolute Gasteiger partial charge is 0.481 e. The van der Waals surface area contributed by atoms with Crippen LogP contribution in [-0.4, -0.2) is 29.6 Å². The van der Waals surface area contributed by atoms with E-state index >= 15 is 0 Å². The molecule has 19 heavy (non-hydrogen) atoms. The zero-order chi connectivity index (χ0) is 14.3. The van der Waals surface area contributed by atoms with Crippen molar-refractivity contribution in [3.05, 3.63) is 0 Å². The quantitative estimate of drug-likeness (QED) is 0.638. The van der Waals surface area contributed by atoms with Crippen LogP contribution in [0.15, 0.2) is 0 Å². The fourth-order valence-corrected chi connectivity index (χ4v) is 2.54. The van der Waals surface area contributed by atoms with Crippen LogP contribution < -0.4 is 11.1 Å². The summed E-state index contributed by atoms with van der Waals surface area (Å²) in [5.74, 6) is -0.642. The summed E-state index contributed by atoms with van der Waals surface area (Å²) in [6.07, 6.45) is 5.88. The molecule has 0 aromatic carbocycles. The Hall–Kier alpha value is -1.10. The predicted molar refractivity (Wildman–Crippen MR) is 73.6 cm³/mol. The SMILES string of the molecule is CC(CCC(=O)O)CNC(=O)C1CCCCCC1N. The van der Waals surface area contributed by atoms with Crippen LogP contribution in [0, 0.1) is 11.8 Å². The van der Waals surface area contributed by atoms with E-state index in [2.05, 4.69) is 5.32 Å². The molecule has 3 unspecified atom stereocenters. The first-order valence-electron chi connectivity index (χ1n) is 7.25. The van der Waals surface area contributed by atoms with Gasteiger partial charge in [0.15, 0.2) is 0 Å². The lowest BCUT2D eigenvalue weighted by atomic mass is 9.94. The number of carboxylic acids is 1. The molecule has 1 fully saturated rings. The molecule has 5 heteroatoms. The second-order valence-electron chi connectivity index (χ2n) is 5.69. The number of carboxylic acid groups (broad SMARTS) is 1. The van der Waals surface area contributed by atoms with Crippen LogP contribution >= 0.6 is 0 Å². The molecule has 0 heterocycles. The Labute approximate surface area is 114 Å². The maximum Gasteiger partial charge on any atom is 0.303 e. The lowest BCUT2D eigenvalue weighted by Gasteiger charge is -2.21. The minimum atomic E-state index is -0.788. The molecule has 0 bridgehead atoms. The van der Waals surface area contributed by atoms with Gasteiger partial charge in [0.05, 0.1) is 5.92 Å². The Morgan fingerprint density at radius 2 is 2.00 bits per heavy atom. The number of hydrogen-bond donors (Lipinski definition) is 3. The lowest BCUT2D eigenvalue weighted by Crippen LogP contribution is -2.42. The summed E-state index contributed by atoms with van der Waals surface area (Å²) in [6, 6.07) is -0.0307. The number of carbonyl (C=O) groups excluding carboxylic acids is 1. The maximum absolute atomic E-state index is 12.1. The molecule has 110 valence electrons. The van der Waals surface area contributed by atoms with E-state index in [0.717, 1.165) is 32.1 Å². The summed E-state index contributed by atoms with van der Waals surface area (Å²) < 4.78 is 0. The fourth-order valence-electron chi connectivity index (χ4n) is 2.54. The minimum absolute atomic E-state index is 0.0307. The average Bonchev–Trinajstić information content (AvgIpc) is 2.58. The van der Waals surface area contributed by atoms with Crippen molar-refractivity contribution < 1.29 is 14.7 Å². The Bertz CT molecular complexity index is 307. The van der Waals surface area contributed by atoms with E-state index in [1.807, 2.05) is 6.92 Å². The summed E-state index contributed by atoms with van der Waals surface area (Å²) >= 11 is 0. The molecule has 0 aromatic rings. The van der Waals surface area contributed by atoms with Crippen molar-refractivity contribution in [2.45, 2.75) is 57.9 Å². The molecule has 0 aliphatic heterocycles. The second-order valence-corrected chi connectivity index (χ2v) is 5.69. The highest BCUT2D eigenvalue weighted by molar-refractivity contribution is 5.79. The van der Waals surface area contributed by atoms with Crippen LogP contribution in [0.3, 0.4) is 0 Å². The van der Waals surface area contributed by atoms with Gasteiger partial charge in [0.2, 0.25) is 5.91 Å². The van der Waals surface area contributed by atoms with Crippen molar-refractivity contribution in [3.63, 3.8) is 0 Å². The summed E-state index contributed by atoms with van der Waals surface area (Å²) in [6.45, 7) is 2.49. The Balaban J connectivity index is 2.30. The van der Waals surface area contributed by atoms with Crippen LogP contribution in [-0.2, 0) is 9.59 Å². The van der Waals surface area contributed by atoms with Gasteiger partial charge in [-0.2, -0.15) is 0 Å². The van der Waals surface area contributed by atoms with Gasteiger partial charge in [0.1, 0.15) is 0 Å². The van der Waals surface area contributed by atoms with Crippen LogP contribution in [0.5, 0.6) is 0 Å². The molecule has 0 saturated heterocycles. The molecule has 3 atom stereocenters. The van der Waals surface area contributed by atoms with Crippen molar-refractivity contribution in [1.82, 2.24) is 5.32 Å². The van der Waals surface area contributed by atoms with Crippen LogP contribution in [0.25, 0.3) is 0 Å². The summed E-state index contributed by atoms with van der Waals surface area (Å²) in [4.78, 5) is 22.6. The molecule has 0 aromatic heterocycles. The molecule has 1 rings (SSSR count). The van der Waals surface area contributed by atoms with Crippen molar-refractivity contribution in [1.29, 1.82) is 0 Å². The standard InChI is InChI=1S/C14H26N2O3/c1-10(7-8-13(17)18)9-16-14(19)11-5-3-2-4-6-12(11)15/h10-12H,2-9,15H2,1H3,(H,16,19)(H,17,18). The molecule has 0 radical (unpaired) electrons. The van der Waals surface area contributed by atoms with Gasteiger partial charge in [0, 0.05) is 19.0 Å². The van der Waals surface area contributed by atoms with Crippen LogP contribution in [0.2, 0.25) is 0 Å². The highest BCUT2D eigenvalue weighted by Crippen LogP contribution is 2.22. The number of nitrogens with two attached hydrogens (primary N) is 1. The normalized spacial score (nSPS) is 25.4. The summed E-state index contributed by atoms with van der Waals surface area (Å²) in [5, 5.41) is 11.5. The molecular weight excluding hydrogens is 244 g/mol. The molecule has 0 spiro atoms. The number of aliphatic carboxylic acids is 1. The first-order valence-corrected chi connectivity index (χ1v) is 7.25. The molecule has 1 aliphatic carbocycles. The van der Waals surface area contributed by atoms with Gasteiger partial charge in [-0.1, -0.05) is 26.2 Å². The summed E-state index contributed by atoms with van der Waals surface area (Å²) in [7, 11) is 0. The molecule has 5 nitrogen and oxygen atoms in total. The maximum atomic E-state index is 12.1. The Kier molecular flexibility index (Phi) is 6.84. The number of nitrogens with one attached hydrogen (secondary N) is 1. The predicted octanol–water partition coefficient (Wildman–Crippen LogP) is 1.51. The van der Waals surface area contributed by atoms with Gasteiger partial charge in [-0.15, -0.1) is 0 Å². The average molecular weight is 270 g/mol. The van der Waals surface area contributed by atoms with Crippen molar-refractivity contribution in [2.75, 3.05) is 6.54 Å².